The number of nitrogens with zero attached hydrogens (tertiary/aromatic N) is 1. The van der Waals surface area contributed by atoms with Gasteiger partial charge in [0.15, 0.2) is 11.5 Å². The number of carbonyl (C=O) groups excluding carboxylic acids is 3. The van der Waals surface area contributed by atoms with Crippen LogP contribution in [0.3, 0.4) is 0 Å². The molecule has 184 valence electrons. The first-order valence-electron chi connectivity index (χ1n) is 10.6. The van der Waals surface area contributed by atoms with Crippen molar-refractivity contribution in [1.82, 2.24) is 5.32 Å². The SMILES string of the molecule is COc1cc(/C=C2\C(=O)NC(=O)N(c3ccc(Br)c(C)c3)C2=O)c(Br)cc1OCc1ccccc1F. The van der Waals surface area contributed by atoms with E-state index in [9.17, 15) is 18.8 Å². The van der Waals surface area contributed by atoms with Crippen LogP contribution in [0.2, 0.25) is 0 Å². The number of methoxy groups -OCH3 is 1. The zero-order valence-corrected chi connectivity index (χ0v) is 22.3. The number of benzene rings is 3. The van der Waals surface area contributed by atoms with E-state index in [2.05, 4.69) is 37.2 Å². The lowest BCUT2D eigenvalue weighted by Gasteiger charge is -2.27. The number of amides is 4. The molecular formula is C26H19Br2FN2O5. The lowest BCUT2D eigenvalue weighted by Crippen LogP contribution is -2.54. The molecule has 1 N–H and O–H groups in total. The monoisotopic (exact) mass is 616 g/mol. The zero-order valence-electron chi connectivity index (χ0n) is 19.1. The van der Waals surface area contributed by atoms with Crippen LogP contribution in [0.1, 0.15) is 16.7 Å². The number of anilines is 1. The molecule has 1 saturated heterocycles. The van der Waals surface area contributed by atoms with E-state index in [0.717, 1.165) is 14.9 Å². The van der Waals surface area contributed by atoms with Crippen LogP contribution in [0.4, 0.5) is 14.9 Å². The first kappa shape index (κ1) is 25.6. The Morgan fingerprint density at radius 2 is 1.75 bits per heavy atom. The Morgan fingerprint density at radius 3 is 2.44 bits per heavy atom. The number of ether oxygens (including phenoxy) is 2. The summed E-state index contributed by atoms with van der Waals surface area (Å²) in [4.78, 5) is 39.2. The van der Waals surface area contributed by atoms with Gasteiger partial charge in [-0.3, -0.25) is 14.9 Å². The average molecular weight is 618 g/mol. The summed E-state index contributed by atoms with van der Waals surface area (Å²) in [5.74, 6) is -1.34. The number of urea groups is 1. The molecule has 10 heteroatoms. The summed E-state index contributed by atoms with van der Waals surface area (Å²) >= 11 is 6.81. The first-order chi connectivity index (χ1) is 17.2. The topological polar surface area (TPSA) is 84.9 Å². The standard InChI is InChI=1S/C26H19Br2FN2O5/c1-14-9-17(7-8-19(14)27)31-25(33)18(24(32)30-26(31)34)10-16-11-22(35-2)23(12-20(16)28)36-13-15-5-3-4-6-21(15)29/h3-12H,13H2,1-2H3,(H,30,32,34)/b18-10+. The summed E-state index contributed by atoms with van der Waals surface area (Å²) in [7, 11) is 1.44. The highest BCUT2D eigenvalue weighted by molar-refractivity contribution is 9.10. The molecule has 0 bridgehead atoms. The fraction of sp³-hybridized carbons (Fsp3) is 0.115. The molecule has 3 aromatic rings. The largest absolute Gasteiger partial charge is 0.493 e. The molecule has 0 atom stereocenters. The predicted octanol–water partition coefficient (Wildman–Crippen LogP) is 5.91. The van der Waals surface area contributed by atoms with E-state index >= 15 is 0 Å². The minimum absolute atomic E-state index is 0.0273. The van der Waals surface area contributed by atoms with Gasteiger partial charge in [0.2, 0.25) is 0 Å². The van der Waals surface area contributed by atoms with Crippen LogP contribution in [-0.2, 0) is 16.2 Å². The molecule has 1 aliphatic heterocycles. The van der Waals surface area contributed by atoms with E-state index in [1.54, 1.807) is 48.5 Å². The van der Waals surface area contributed by atoms with Gasteiger partial charge in [0.05, 0.1) is 12.8 Å². The third kappa shape index (κ3) is 5.19. The third-order valence-electron chi connectivity index (χ3n) is 5.43. The highest BCUT2D eigenvalue weighted by Gasteiger charge is 2.37. The smallest absolute Gasteiger partial charge is 0.335 e. The lowest BCUT2D eigenvalue weighted by atomic mass is 10.1. The molecule has 0 radical (unpaired) electrons. The van der Waals surface area contributed by atoms with Gasteiger partial charge in [-0.1, -0.05) is 50.1 Å². The first-order valence-corrected chi connectivity index (χ1v) is 12.2. The molecule has 3 aromatic carbocycles. The van der Waals surface area contributed by atoms with E-state index in [0.29, 0.717) is 32.8 Å². The highest BCUT2D eigenvalue weighted by Crippen LogP contribution is 2.36. The number of carbonyl (C=O) groups is 3. The molecule has 0 spiro atoms. The van der Waals surface area contributed by atoms with E-state index in [4.69, 9.17) is 9.47 Å². The minimum atomic E-state index is -0.836. The molecular weight excluding hydrogens is 599 g/mol. The van der Waals surface area contributed by atoms with Crippen molar-refractivity contribution in [2.45, 2.75) is 13.5 Å². The van der Waals surface area contributed by atoms with Crippen molar-refractivity contribution in [2.75, 3.05) is 12.0 Å². The van der Waals surface area contributed by atoms with Gasteiger partial charge >= 0.3 is 6.03 Å². The van der Waals surface area contributed by atoms with Crippen LogP contribution in [0, 0.1) is 12.7 Å². The molecule has 0 aromatic heterocycles. The van der Waals surface area contributed by atoms with Crippen molar-refractivity contribution in [3.8, 4) is 11.5 Å². The molecule has 36 heavy (non-hydrogen) atoms. The Bertz CT molecular complexity index is 1420. The number of rotatable bonds is 6. The second kappa shape index (κ2) is 10.6. The second-order valence-corrected chi connectivity index (χ2v) is 9.50. The number of halogens is 3. The highest BCUT2D eigenvalue weighted by atomic mass is 79.9. The molecule has 4 rings (SSSR count). The summed E-state index contributed by atoms with van der Waals surface area (Å²) in [6.07, 6.45) is 1.36. The molecule has 4 amide bonds. The Labute approximate surface area is 223 Å². The quantitative estimate of drug-likeness (QED) is 0.274. The maximum atomic E-state index is 13.9. The lowest BCUT2D eigenvalue weighted by molar-refractivity contribution is -0.122. The predicted molar refractivity (Wildman–Crippen MR) is 139 cm³/mol. The Hall–Kier alpha value is -3.50. The van der Waals surface area contributed by atoms with Crippen LogP contribution in [0.15, 0.2) is 69.1 Å². The molecule has 1 fully saturated rings. The molecule has 1 aliphatic rings. The second-order valence-electron chi connectivity index (χ2n) is 7.80. The Morgan fingerprint density at radius 1 is 1.00 bits per heavy atom. The van der Waals surface area contributed by atoms with Gasteiger partial charge < -0.3 is 9.47 Å². The number of aryl methyl sites for hydroxylation is 1. The number of imide groups is 2. The molecule has 1 heterocycles. The normalized spacial score (nSPS) is 14.8. The summed E-state index contributed by atoms with van der Waals surface area (Å²) in [5.41, 5.74) is 1.71. The number of hydrogen-bond acceptors (Lipinski definition) is 5. The summed E-state index contributed by atoms with van der Waals surface area (Å²) in [6, 6.07) is 13.6. The Kier molecular flexibility index (Phi) is 7.56. The van der Waals surface area contributed by atoms with Crippen LogP contribution < -0.4 is 19.7 Å². The van der Waals surface area contributed by atoms with Crippen LogP contribution in [-0.4, -0.2) is 25.0 Å². The molecule has 0 aliphatic carbocycles. The van der Waals surface area contributed by atoms with Gasteiger partial charge in [-0.25, -0.2) is 14.1 Å². The van der Waals surface area contributed by atoms with Crippen molar-refractivity contribution in [3.05, 3.63) is 91.6 Å². The summed E-state index contributed by atoms with van der Waals surface area (Å²) in [5, 5.41) is 2.21. The Balaban J connectivity index is 1.66. The van der Waals surface area contributed by atoms with E-state index in [1.807, 2.05) is 6.92 Å². The number of barbiturate groups is 1. The van der Waals surface area contributed by atoms with Gasteiger partial charge in [-0.2, -0.15) is 0 Å². The maximum absolute atomic E-state index is 13.9. The molecule has 0 unspecified atom stereocenters. The van der Waals surface area contributed by atoms with Crippen molar-refractivity contribution >= 4 is 61.5 Å². The van der Waals surface area contributed by atoms with Gasteiger partial charge in [0.25, 0.3) is 11.8 Å². The molecule has 0 saturated carbocycles. The van der Waals surface area contributed by atoms with Crippen molar-refractivity contribution in [2.24, 2.45) is 0 Å². The van der Waals surface area contributed by atoms with Gasteiger partial charge in [0.1, 0.15) is 18.0 Å². The van der Waals surface area contributed by atoms with E-state index in [-0.39, 0.29) is 12.2 Å². The van der Waals surface area contributed by atoms with Crippen LogP contribution in [0.5, 0.6) is 11.5 Å². The van der Waals surface area contributed by atoms with Crippen molar-refractivity contribution in [3.63, 3.8) is 0 Å². The summed E-state index contributed by atoms with van der Waals surface area (Å²) < 4.78 is 26.4. The van der Waals surface area contributed by atoms with Gasteiger partial charge in [-0.15, -0.1) is 0 Å². The van der Waals surface area contributed by atoms with Gasteiger partial charge in [-0.05, 0) is 60.5 Å². The zero-order chi connectivity index (χ0) is 26.0. The minimum Gasteiger partial charge on any atom is -0.493 e. The van der Waals surface area contributed by atoms with Crippen LogP contribution >= 0.6 is 31.9 Å². The van der Waals surface area contributed by atoms with Crippen molar-refractivity contribution < 1.29 is 28.2 Å². The fourth-order valence-electron chi connectivity index (χ4n) is 3.52. The number of nitrogens with one attached hydrogen (secondary N) is 1. The van der Waals surface area contributed by atoms with Crippen molar-refractivity contribution in [1.29, 1.82) is 0 Å². The van der Waals surface area contributed by atoms with E-state index < -0.39 is 23.7 Å². The average Bonchev–Trinajstić information content (AvgIpc) is 2.84. The van der Waals surface area contributed by atoms with E-state index in [1.165, 1.54) is 19.3 Å². The maximum Gasteiger partial charge on any atom is 0.335 e. The van der Waals surface area contributed by atoms with Gasteiger partial charge in [0, 0.05) is 14.5 Å². The third-order valence-corrected chi connectivity index (χ3v) is 7.00. The summed E-state index contributed by atoms with van der Waals surface area (Å²) in [6.45, 7) is 1.79. The van der Waals surface area contributed by atoms with Crippen LogP contribution in [0.25, 0.3) is 6.08 Å². The molecule has 7 nitrogen and oxygen atoms in total. The fourth-order valence-corrected chi connectivity index (χ4v) is 4.20. The number of hydrogen-bond donors (Lipinski definition) is 1.